The molecule has 1 amide bonds. The molecule has 88 valence electrons. The van der Waals surface area contributed by atoms with Gasteiger partial charge in [0.25, 0.3) is 0 Å². The Morgan fingerprint density at radius 3 is 2.88 bits per heavy atom. The van der Waals surface area contributed by atoms with Crippen molar-refractivity contribution < 1.29 is 9.21 Å². The van der Waals surface area contributed by atoms with Crippen LogP contribution in [0.3, 0.4) is 0 Å². The van der Waals surface area contributed by atoms with E-state index in [2.05, 4.69) is 5.32 Å². The zero-order valence-corrected chi connectivity index (χ0v) is 9.18. The Kier molecular flexibility index (Phi) is 2.24. The Hall–Kier alpha value is -2.04. The number of fused-ring (bicyclic) bond motifs is 1. The molecule has 1 aliphatic rings. The number of para-hydroxylation sites is 2. The molecule has 5 nitrogen and oxygen atoms in total. The van der Waals surface area contributed by atoms with Gasteiger partial charge in [0.2, 0.25) is 5.91 Å². The predicted octanol–water partition coefficient (Wildman–Crippen LogP) is 1.05. The van der Waals surface area contributed by atoms with Gasteiger partial charge in [0.15, 0.2) is 5.58 Å². The summed E-state index contributed by atoms with van der Waals surface area (Å²) in [6.45, 7) is 0.488. The topological polar surface area (TPSA) is 64.2 Å². The van der Waals surface area contributed by atoms with Crippen LogP contribution in [0.25, 0.3) is 11.1 Å². The fourth-order valence-corrected chi connectivity index (χ4v) is 2.27. The molecule has 1 fully saturated rings. The highest BCUT2D eigenvalue weighted by atomic mass is 16.4. The summed E-state index contributed by atoms with van der Waals surface area (Å²) in [6, 6.07) is 7.32. The quantitative estimate of drug-likeness (QED) is 0.799. The third-order valence-corrected chi connectivity index (χ3v) is 3.12. The van der Waals surface area contributed by atoms with Crippen LogP contribution < -0.4 is 11.1 Å². The van der Waals surface area contributed by atoms with Gasteiger partial charge in [-0.2, -0.15) is 0 Å². The summed E-state index contributed by atoms with van der Waals surface area (Å²) in [4.78, 5) is 22.9. The fourth-order valence-electron chi connectivity index (χ4n) is 2.27. The van der Waals surface area contributed by atoms with Crippen LogP contribution in [0.4, 0.5) is 0 Å². The van der Waals surface area contributed by atoms with Crippen LogP contribution in [-0.2, 0) is 4.79 Å². The SMILES string of the molecule is O=C1CCC(n2c(=O)oc3ccccc32)CN1. The minimum Gasteiger partial charge on any atom is -0.408 e. The number of benzene rings is 1. The average molecular weight is 232 g/mol. The molecule has 0 radical (unpaired) electrons. The van der Waals surface area contributed by atoms with Gasteiger partial charge in [0, 0.05) is 13.0 Å². The summed E-state index contributed by atoms with van der Waals surface area (Å²) in [6.07, 6.45) is 1.13. The molecule has 5 heteroatoms. The molecule has 1 atom stereocenters. The van der Waals surface area contributed by atoms with Crippen LogP contribution in [0.15, 0.2) is 33.5 Å². The first-order chi connectivity index (χ1) is 8.25. The monoisotopic (exact) mass is 232 g/mol. The largest absolute Gasteiger partial charge is 0.420 e. The maximum absolute atomic E-state index is 11.8. The lowest BCUT2D eigenvalue weighted by Crippen LogP contribution is -2.38. The number of hydrogen-bond acceptors (Lipinski definition) is 3. The zero-order valence-electron chi connectivity index (χ0n) is 9.18. The van der Waals surface area contributed by atoms with Crippen molar-refractivity contribution in [2.75, 3.05) is 6.54 Å². The second-order valence-corrected chi connectivity index (χ2v) is 4.20. The smallest absolute Gasteiger partial charge is 0.408 e. The van der Waals surface area contributed by atoms with Crippen LogP contribution in [0, 0.1) is 0 Å². The van der Waals surface area contributed by atoms with Gasteiger partial charge in [-0.25, -0.2) is 4.79 Å². The van der Waals surface area contributed by atoms with Gasteiger partial charge in [-0.3, -0.25) is 9.36 Å². The molecule has 1 N–H and O–H groups in total. The van der Waals surface area contributed by atoms with E-state index in [1.165, 1.54) is 0 Å². The number of carbonyl (C=O) groups is 1. The van der Waals surface area contributed by atoms with Crippen LogP contribution in [-0.4, -0.2) is 17.0 Å². The molecular formula is C12H12N2O3. The van der Waals surface area contributed by atoms with E-state index in [4.69, 9.17) is 4.42 Å². The lowest BCUT2D eigenvalue weighted by molar-refractivity contribution is -0.122. The summed E-state index contributed by atoms with van der Waals surface area (Å²) in [5.74, 6) is -0.311. The van der Waals surface area contributed by atoms with Crippen molar-refractivity contribution in [1.29, 1.82) is 0 Å². The molecule has 2 heterocycles. The number of amides is 1. The highest BCUT2D eigenvalue weighted by Gasteiger charge is 2.23. The molecular weight excluding hydrogens is 220 g/mol. The van der Waals surface area contributed by atoms with E-state index < -0.39 is 0 Å². The second-order valence-electron chi connectivity index (χ2n) is 4.20. The zero-order chi connectivity index (χ0) is 11.8. The minimum atomic E-state index is -0.354. The first-order valence-corrected chi connectivity index (χ1v) is 5.62. The van der Waals surface area contributed by atoms with Crippen LogP contribution in [0.5, 0.6) is 0 Å². The Bertz CT molecular complexity index is 616. The summed E-state index contributed by atoms with van der Waals surface area (Å²) in [5.41, 5.74) is 1.38. The van der Waals surface area contributed by atoms with Gasteiger partial charge in [0.1, 0.15) is 0 Å². The Labute approximate surface area is 97.0 Å². The van der Waals surface area contributed by atoms with Gasteiger partial charge in [-0.05, 0) is 18.6 Å². The predicted molar refractivity (Wildman–Crippen MR) is 61.8 cm³/mol. The summed E-state index contributed by atoms with van der Waals surface area (Å²) in [5, 5.41) is 2.77. The highest BCUT2D eigenvalue weighted by molar-refractivity contribution is 5.77. The molecule has 0 bridgehead atoms. The number of piperidine rings is 1. The van der Waals surface area contributed by atoms with E-state index in [0.717, 1.165) is 5.52 Å². The van der Waals surface area contributed by atoms with E-state index in [1.807, 2.05) is 18.2 Å². The normalized spacial score (nSPS) is 20.5. The summed E-state index contributed by atoms with van der Waals surface area (Å²) in [7, 11) is 0. The summed E-state index contributed by atoms with van der Waals surface area (Å²) < 4.78 is 6.81. The highest BCUT2D eigenvalue weighted by Crippen LogP contribution is 2.21. The number of oxazole rings is 1. The van der Waals surface area contributed by atoms with Crippen LogP contribution in [0.2, 0.25) is 0 Å². The summed E-state index contributed by atoms with van der Waals surface area (Å²) >= 11 is 0. The standard InChI is InChI=1S/C12H12N2O3/c15-11-6-5-8(7-13-11)14-9-3-1-2-4-10(9)17-12(14)16/h1-4,8H,5-7H2,(H,13,15). The van der Waals surface area contributed by atoms with Crippen molar-refractivity contribution in [3.05, 3.63) is 34.8 Å². The molecule has 1 aromatic heterocycles. The van der Waals surface area contributed by atoms with E-state index in [1.54, 1.807) is 10.6 Å². The third-order valence-electron chi connectivity index (χ3n) is 3.12. The fraction of sp³-hybridized carbons (Fsp3) is 0.333. The van der Waals surface area contributed by atoms with Gasteiger partial charge in [0.05, 0.1) is 11.6 Å². The van der Waals surface area contributed by atoms with Crippen molar-refractivity contribution in [3.8, 4) is 0 Å². The molecule has 3 rings (SSSR count). The third kappa shape index (κ3) is 1.63. The molecule has 2 aromatic rings. The van der Waals surface area contributed by atoms with Gasteiger partial charge in [-0.15, -0.1) is 0 Å². The lowest BCUT2D eigenvalue weighted by atomic mass is 10.1. The number of rotatable bonds is 1. The molecule has 1 aromatic carbocycles. The number of hydrogen-bond donors (Lipinski definition) is 1. The minimum absolute atomic E-state index is 0.0103. The molecule has 1 saturated heterocycles. The first kappa shape index (κ1) is 10.1. The number of nitrogens with one attached hydrogen (secondary N) is 1. The van der Waals surface area contributed by atoms with Crippen LogP contribution >= 0.6 is 0 Å². The molecule has 1 unspecified atom stereocenters. The van der Waals surface area contributed by atoms with Crippen molar-refractivity contribution in [1.82, 2.24) is 9.88 Å². The number of carbonyl (C=O) groups excluding carboxylic acids is 1. The molecule has 0 spiro atoms. The van der Waals surface area contributed by atoms with E-state index in [9.17, 15) is 9.59 Å². The lowest BCUT2D eigenvalue weighted by Gasteiger charge is -2.22. The number of aromatic nitrogens is 1. The van der Waals surface area contributed by atoms with E-state index in [0.29, 0.717) is 25.0 Å². The van der Waals surface area contributed by atoms with Crippen LogP contribution in [0.1, 0.15) is 18.9 Å². The molecule has 0 aliphatic carbocycles. The van der Waals surface area contributed by atoms with E-state index in [-0.39, 0.29) is 17.7 Å². The van der Waals surface area contributed by atoms with Gasteiger partial charge < -0.3 is 9.73 Å². The Balaban J connectivity index is 2.08. The number of nitrogens with zero attached hydrogens (tertiary/aromatic N) is 1. The Morgan fingerprint density at radius 2 is 2.12 bits per heavy atom. The Morgan fingerprint density at radius 1 is 1.29 bits per heavy atom. The first-order valence-electron chi connectivity index (χ1n) is 5.62. The molecule has 17 heavy (non-hydrogen) atoms. The van der Waals surface area contributed by atoms with Crippen molar-refractivity contribution in [2.45, 2.75) is 18.9 Å². The maximum atomic E-state index is 11.8. The second kappa shape index (κ2) is 3.76. The van der Waals surface area contributed by atoms with E-state index >= 15 is 0 Å². The average Bonchev–Trinajstić information content (AvgIpc) is 2.66. The van der Waals surface area contributed by atoms with Gasteiger partial charge in [-0.1, -0.05) is 12.1 Å². The maximum Gasteiger partial charge on any atom is 0.420 e. The molecule has 1 aliphatic heterocycles. The van der Waals surface area contributed by atoms with Crippen molar-refractivity contribution in [2.24, 2.45) is 0 Å². The van der Waals surface area contributed by atoms with Crippen molar-refractivity contribution in [3.63, 3.8) is 0 Å². The van der Waals surface area contributed by atoms with Crippen molar-refractivity contribution >= 4 is 17.0 Å². The van der Waals surface area contributed by atoms with Gasteiger partial charge >= 0.3 is 5.76 Å². The molecule has 0 saturated carbocycles.